The van der Waals surface area contributed by atoms with E-state index in [4.69, 9.17) is 4.74 Å². The molecule has 2 nitrogen and oxygen atoms in total. The summed E-state index contributed by atoms with van der Waals surface area (Å²) in [6.07, 6.45) is 3.69. The van der Waals surface area contributed by atoms with Crippen molar-refractivity contribution >= 4 is 12.4 Å². The number of hydrogen-bond acceptors (Lipinski definition) is 2. The van der Waals surface area contributed by atoms with E-state index in [0.717, 1.165) is 25.1 Å². The summed E-state index contributed by atoms with van der Waals surface area (Å²) >= 11 is 0. The zero-order valence-electron chi connectivity index (χ0n) is 10.8. The van der Waals surface area contributed by atoms with Crippen molar-refractivity contribution in [3.05, 3.63) is 54.4 Å². The van der Waals surface area contributed by atoms with E-state index in [1.165, 1.54) is 11.8 Å². The van der Waals surface area contributed by atoms with Crippen LogP contribution in [0.4, 0.5) is 12.9 Å². The zero-order valence-corrected chi connectivity index (χ0v) is 10.8. The second-order valence-corrected chi connectivity index (χ2v) is 4.47. The first-order valence-electron chi connectivity index (χ1n) is 6.37. The van der Waals surface area contributed by atoms with Crippen LogP contribution in [0.5, 0.6) is 5.75 Å². The normalized spacial score (nSPS) is 11.3. The smallest absolute Gasteiger partial charge is 0.492 e. The fourth-order valence-electron chi connectivity index (χ4n) is 1.80. The number of hydrogen-bond donors (Lipinski definition) is 0. The molecule has 0 radical (unpaired) electrons. The summed E-state index contributed by atoms with van der Waals surface area (Å²) in [5.74, 6) is 0.162. The summed E-state index contributed by atoms with van der Waals surface area (Å²) in [6.45, 7) is -4.66. The third kappa shape index (κ3) is 4.29. The van der Waals surface area contributed by atoms with Gasteiger partial charge in [-0.2, -0.15) is 0 Å². The van der Waals surface area contributed by atoms with Crippen molar-refractivity contribution in [2.75, 3.05) is 6.61 Å². The SMILES string of the molecule is F[B-](F)(F)c1cncc(OCCCc2ccccc2)c1. The van der Waals surface area contributed by atoms with Crippen LogP contribution in [0, 0.1) is 0 Å². The van der Waals surface area contributed by atoms with Gasteiger partial charge in [0.25, 0.3) is 0 Å². The van der Waals surface area contributed by atoms with Crippen molar-refractivity contribution in [2.45, 2.75) is 12.8 Å². The number of nitrogens with zero attached hydrogens (tertiary/aromatic N) is 1. The highest BCUT2D eigenvalue weighted by Crippen LogP contribution is 2.13. The molecule has 0 amide bonds. The average molecular weight is 280 g/mol. The molecule has 1 aromatic heterocycles. The van der Waals surface area contributed by atoms with E-state index >= 15 is 0 Å². The Labute approximate surface area is 115 Å². The van der Waals surface area contributed by atoms with Gasteiger partial charge in [0.2, 0.25) is 0 Å². The van der Waals surface area contributed by atoms with Crippen LogP contribution in [0.1, 0.15) is 12.0 Å². The Morgan fingerprint density at radius 2 is 1.80 bits per heavy atom. The van der Waals surface area contributed by atoms with Crippen molar-refractivity contribution in [1.82, 2.24) is 4.98 Å². The summed E-state index contributed by atoms with van der Waals surface area (Å²) in [5, 5.41) is 0. The van der Waals surface area contributed by atoms with E-state index in [1.54, 1.807) is 0 Å². The summed E-state index contributed by atoms with van der Waals surface area (Å²) in [5.41, 5.74) is 0.451. The van der Waals surface area contributed by atoms with Gasteiger partial charge in [0.15, 0.2) is 0 Å². The first-order chi connectivity index (χ1) is 9.55. The van der Waals surface area contributed by atoms with Gasteiger partial charge in [-0.25, -0.2) is 0 Å². The number of aryl methyl sites for hydroxylation is 1. The van der Waals surface area contributed by atoms with Gasteiger partial charge in [-0.1, -0.05) is 35.8 Å². The third-order valence-corrected chi connectivity index (χ3v) is 2.83. The average Bonchev–Trinajstić information content (AvgIpc) is 2.44. The standard InChI is InChI=1S/C14H14BF3NO/c16-15(17,18)13-9-14(11-19-10-13)20-8-4-7-12-5-2-1-3-6-12/h1-3,5-6,9-11H,4,7-8H2/q-1. The molecule has 2 aromatic rings. The lowest BCUT2D eigenvalue weighted by atomic mass is 9.81. The van der Waals surface area contributed by atoms with Crippen molar-refractivity contribution in [3.8, 4) is 5.75 Å². The maximum atomic E-state index is 12.5. The molecule has 1 aromatic carbocycles. The molecule has 0 aliphatic heterocycles. The molecule has 0 N–H and O–H groups in total. The summed E-state index contributed by atoms with van der Waals surface area (Å²) in [7, 11) is 0. The molecular weight excluding hydrogens is 266 g/mol. The monoisotopic (exact) mass is 280 g/mol. The van der Waals surface area contributed by atoms with E-state index in [9.17, 15) is 12.9 Å². The van der Waals surface area contributed by atoms with Gasteiger partial charge in [-0.05, 0) is 24.5 Å². The number of ether oxygens (including phenoxy) is 1. The highest BCUT2D eigenvalue weighted by molar-refractivity contribution is 6.73. The number of aromatic nitrogens is 1. The Morgan fingerprint density at radius 1 is 1.05 bits per heavy atom. The first-order valence-corrected chi connectivity index (χ1v) is 6.37. The maximum absolute atomic E-state index is 12.5. The molecule has 0 aliphatic rings. The predicted molar refractivity (Wildman–Crippen MR) is 73.2 cm³/mol. The molecule has 0 spiro atoms. The number of halogens is 3. The fraction of sp³-hybridized carbons (Fsp3) is 0.214. The molecule has 0 fully saturated rings. The minimum absolute atomic E-state index is 0.162. The second kappa shape index (κ2) is 6.46. The molecule has 20 heavy (non-hydrogen) atoms. The molecular formula is C14H14BF3NO-. The second-order valence-electron chi connectivity index (χ2n) is 4.47. The predicted octanol–water partition coefficient (Wildman–Crippen LogP) is 3.15. The summed E-state index contributed by atoms with van der Waals surface area (Å²) < 4.78 is 42.9. The van der Waals surface area contributed by atoms with Crippen LogP contribution in [0.2, 0.25) is 0 Å². The van der Waals surface area contributed by atoms with Gasteiger partial charge < -0.3 is 17.7 Å². The van der Waals surface area contributed by atoms with Crippen molar-refractivity contribution < 1.29 is 17.7 Å². The minimum Gasteiger partial charge on any atom is -0.492 e. The van der Waals surface area contributed by atoms with E-state index in [2.05, 4.69) is 4.98 Å². The van der Waals surface area contributed by atoms with Crippen molar-refractivity contribution in [3.63, 3.8) is 0 Å². The maximum Gasteiger partial charge on any atom is 0.511 e. The zero-order chi connectivity index (χ0) is 14.4. The molecule has 0 atom stereocenters. The van der Waals surface area contributed by atoms with Crippen molar-refractivity contribution in [1.29, 1.82) is 0 Å². The van der Waals surface area contributed by atoms with E-state index in [-0.39, 0.29) is 5.75 Å². The molecule has 106 valence electrons. The minimum atomic E-state index is -5.03. The number of rotatable bonds is 6. The fourth-order valence-corrected chi connectivity index (χ4v) is 1.80. The third-order valence-electron chi connectivity index (χ3n) is 2.83. The quantitative estimate of drug-likeness (QED) is 0.599. The Hall–Kier alpha value is -1.98. The molecule has 0 aliphatic carbocycles. The van der Waals surface area contributed by atoms with Crippen LogP contribution >= 0.6 is 0 Å². The van der Waals surface area contributed by atoms with E-state index < -0.39 is 12.4 Å². The molecule has 0 bridgehead atoms. The lowest BCUT2D eigenvalue weighted by molar-refractivity contribution is 0.310. The van der Waals surface area contributed by atoms with Gasteiger partial charge in [-0.3, -0.25) is 4.98 Å². The van der Waals surface area contributed by atoms with Gasteiger partial charge >= 0.3 is 6.98 Å². The molecule has 0 unspecified atom stereocenters. The van der Waals surface area contributed by atoms with Crippen LogP contribution in [-0.4, -0.2) is 18.6 Å². The molecule has 2 rings (SSSR count). The van der Waals surface area contributed by atoms with Gasteiger partial charge in [0, 0.05) is 6.20 Å². The Kier molecular flexibility index (Phi) is 4.66. The Balaban J connectivity index is 1.83. The van der Waals surface area contributed by atoms with Crippen LogP contribution in [0.3, 0.4) is 0 Å². The highest BCUT2D eigenvalue weighted by Gasteiger charge is 2.26. The lowest BCUT2D eigenvalue weighted by Crippen LogP contribution is -2.34. The molecule has 0 saturated heterocycles. The topological polar surface area (TPSA) is 22.1 Å². The van der Waals surface area contributed by atoms with Crippen LogP contribution in [0.25, 0.3) is 0 Å². The molecule has 6 heteroatoms. The van der Waals surface area contributed by atoms with Crippen LogP contribution in [0.15, 0.2) is 48.8 Å². The highest BCUT2D eigenvalue weighted by atomic mass is 19.4. The molecule has 0 saturated carbocycles. The number of pyridine rings is 1. The summed E-state index contributed by atoms with van der Waals surface area (Å²) in [4.78, 5) is 3.56. The largest absolute Gasteiger partial charge is 0.511 e. The Bertz CT molecular complexity index is 546. The van der Waals surface area contributed by atoms with E-state index in [1.807, 2.05) is 30.3 Å². The summed E-state index contributed by atoms with van der Waals surface area (Å²) in [6, 6.07) is 10.9. The van der Waals surface area contributed by atoms with E-state index in [0.29, 0.717) is 6.61 Å². The molecule has 1 heterocycles. The van der Waals surface area contributed by atoms with Crippen LogP contribution in [-0.2, 0) is 6.42 Å². The lowest BCUT2D eigenvalue weighted by Gasteiger charge is -2.15. The first kappa shape index (κ1) is 14.4. The van der Waals surface area contributed by atoms with Gasteiger partial charge in [-0.15, -0.1) is 0 Å². The van der Waals surface area contributed by atoms with Gasteiger partial charge in [0.1, 0.15) is 5.75 Å². The number of benzene rings is 1. The van der Waals surface area contributed by atoms with Crippen molar-refractivity contribution in [2.24, 2.45) is 0 Å². The van der Waals surface area contributed by atoms with Crippen LogP contribution < -0.4 is 10.2 Å². The van der Waals surface area contributed by atoms with Gasteiger partial charge in [0.05, 0.1) is 12.8 Å². The Morgan fingerprint density at radius 3 is 2.50 bits per heavy atom.